The smallest absolute Gasteiger partial charge is 0.208 e. The largest absolute Gasteiger partial charge is 0.444 e. The lowest BCUT2D eigenvalue weighted by Gasteiger charge is -2.02. The van der Waals surface area contributed by atoms with Crippen LogP contribution < -0.4 is 5.32 Å². The second kappa shape index (κ2) is 5.99. The van der Waals surface area contributed by atoms with Crippen LogP contribution in [0.15, 0.2) is 34.9 Å². The molecule has 0 aliphatic heterocycles. The van der Waals surface area contributed by atoms with Crippen LogP contribution in [0.1, 0.15) is 29.7 Å². The van der Waals surface area contributed by atoms with Gasteiger partial charge in [-0.25, -0.2) is 4.98 Å². The van der Waals surface area contributed by atoms with E-state index in [9.17, 15) is 0 Å². The summed E-state index contributed by atoms with van der Waals surface area (Å²) in [6, 6.07) is 9.62. The van der Waals surface area contributed by atoms with Gasteiger partial charge < -0.3 is 9.73 Å². The first-order valence-electron chi connectivity index (χ1n) is 5.95. The first kappa shape index (κ1) is 12.3. The molecule has 4 heteroatoms. The van der Waals surface area contributed by atoms with Crippen molar-refractivity contribution in [1.29, 1.82) is 5.26 Å². The molecule has 4 nitrogen and oxygen atoms in total. The summed E-state index contributed by atoms with van der Waals surface area (Å²) in [5, 5.41) is 11.9. The lowest BCUT2D eigenvalue weighted by atomic mass is 10.1. The number of oxazole rings is 1. The quantitative estimate of drug-likeness (QED) is 0.873. The molecule has 0 saturated carbocycles. The average Bonchev–Trinajstić information content (AvgIpc) is 2.87. The average molecular weight is 241 g/mol. The van der Waals surface area contributed by atoms with E-state index in [1.54, 1.807) is 6.20 Å². The number of nitriles is 1. The number of aryl methyl sites for hydroxylation is 1. The van der Waals surface area contributed by atoms with Crippen LogP contribution in [-0.4, -0.2) is 4.98 Å². The van der Waals surface area contributed by atoms with Crippen molar-refractivity contribution in [3.05, 3.63) is 53.2 Å². The van der Waals surface area contributed by atoms with Crippen molar-refractivity contribution in [2.45, 2.75) is 26.4 Å². The molecule has 0 fully saturated rings. The van der Waals surface area contributed by atoms with Crippen molar-refractivity contribution in [3.63, 3.8) is 0 Å². The number of benzene rings is 1. The highest BCUT2D eigenvalue weighted by Crippen LogP contribution is 2.05. The Labute approximate surface area is 106 Å². The molecule has 0 aliphatic carbocycles. The van der Waals surface area contributed by atoms with Gasteiger partial charge >= 0.3 is 0 Å². The second-order valence-corrected chi connectivity index (χ2v) is 3.99. The fourth-order valence-electron chi connectivity index (χ4n) is 1.60. The van der Waals surface area contributed by atoms with Crippen LogP contribution in [0.3, 0.4) is 0 Å². The molecule has 1 aromatic carbocycles. The van der Waals surface area contributed by atoms with Crippen molar-refractivity contribution in [1.82, 2.24) is 10.3 Å². The van der Waals surface area contributed by atoms with Crippen LogP contribution in [0.2, 0.25) is 0 Å². The van der Waals surface area contributed by atoms with Crippen LogP contribution in [0.25, 0.3) is 0 Å². The van der Waals surface area contributed by atoms with Crippen molar-refractivity contribution in [2.75, 3.05) is 0 Å². The Hall–Kier alpha value is -2.12. The summed E-state index contributed by atoms with van der Waals surface area (Å²) in [6.45, 7) is 3.38. The zero-order chi connectivity index (χ0) is 12.8. The first-order valence-corrected chi connectivity index (χ1v) is 5.95. The lowest BCUT2D eigenvalue weighted by Crippen LogP contribution is -2.12. The summed E-state index contributed by atoms with van der Waals surface area (Å²) in [5.74, 6) is 1.62. The standard InChI is InChI=1S/C14H15N3O/c1-2-13-9-17-14(18-13)10-16-8-12-5-3-11(7-15)4-6-12/h3-6,9,16H,2,8,10H2,1H3. The van der Waals surface area contributed by atoms with Gasteiger partial charge in [0.2, 0.25) is 5.89 Å². The number of aromatic nitrogens is 1. The van der Waals surface area contributed by atoms with E-state index in [1.165, 1.54) is 0 Å². The van der Waals surface area contributed by atoms with E-state index in [0.717, 1.165) is 24.3 Å². The van der Waals surface area contributed by atoms with E-state index in [0.29, 0.717) is 18.0 Å². The van der Waals surface area contributed by atoms with Crippen molar-refractivity contribution >= 4 is 0 Å². The Morgan fingerprint density at radius 3 is 2.67 bits per heavy atom. The van der Waals surface area contributed by atoms with Gasteiger partial charge in [-0.1, -0.05) is 19.1 Å². The molecule has 2 aromatic rings. The highest BCUT2D eigenvalue weighted by atomic mass is 16.4. The van der Waals surface area contributed by atoms with E-state index < -0.39 is 0 Å². The predicted octanol–water partition coefficient (Wildman–Crippen LogP) is 2.40. The molecular formula is C14H15N3O. The molecule has 92 valence electrons. The third kappa shape index (κ3) is 3.19. The van der Waals surface area contributed by atoms with Crippen molar-refractivity contribution in [3.8, 4) is 6.07 Å². The number of hydrogen-bond acceptors (Lipinski definition) is 4. The van der Waals surface area contributed by atoms with E-state index in [2.05, 4.69) is 16.4 Å². The van der Waals surface area contributed by atoms with Crippen LogP contribution in [-0.2, 0) is 19.5 Å². The molecule has 0 spiro atoms. The molecule has 0 amide bonds. The highest BCUT2D eigenvalue weighted by Gasteiger charge is 2.01. The number of rotatable bonds is 5. The summed E-state index contributed by atoms with van der Waals surface area (Å²) in [4.78, 5) is 4.17. The molecule has 18 heavy (non-hydrogen) atoms. The van der Waals surface area contributed by atoms with Crippen molar-refractivity contribution < 1.29 is 4.42 Å². The Morgan fingerprint density at radius 1 is 1.28 bits per heavy atom. The van der Waals surface area contributed by atoms with E-state index >= 15 is 0 Å². The Balaban J connectivity index is 1.82. The maximum Gasteiger partial charge on any atom is 0.208 e. The van der Waals surface area contributed by atoms with Gasteiger partial charge in [0.05, 0.1) is 24.4 Å². The first-order chi connectivity index (χ1) is 8.81. The van der Waals surface area contributed by atoms with Gasteiger partial charge in [-0.15, -0.1) is 0 Å². The molecule has 0 saturated heterocycles. The molecule has 0 bridgehead atoms. The number of nitrogens with zero attached hydrogens (tertiary/aromatic N) is 2. The molecule has 1 aromatic heterocycles. The van der Waals surface area contributed by atoms with E-state index in [-0.39, 0.29) is 0 Å². The van der Waals surface area contributed by atoms with Crippen LogP contribution >= 0.6 is 0 Å². The van der Waals surface area contributed by atoms with Crippen LogP contribution in [0.5, 0.6) is 0 Å². The van der Waals surface area contributed by atoms with Gasteiger partial charge in [-0.3, -0.25) is 0 Å². The molecule has 0 aliphatic rings. The predicted molar refractivity (Wildman–Crippen MR) is 67.6 cm³/mol. The Kier molecular flexibility index (Phi) is 4.11. The van der Waals surface area contributed by atoms with Crippen molar-refractivity contribution in [2.24, 2.45) is 0 Å². The van der Waals surface area contributed by atoms with E-state index in [4.69, 9.17) is 9.68 Å². The fraction of sp³-hybridized carbons (Fsp3) is 0.286. The summed E-state index contributed by atoms with van der Waals surface area (Å²) in [7, 11) is 0. The molecule has 2 rings (SSSR count). The second-order valence-electron chi connectivity index (χ2n) is 3.99. The summed E-state index contributed by atoms with van der Waals surface area (Å²) in [6.07, 6.45) is 2.63. The van der Waals surface area contributed by atoms with Gasteiger partial charge in [0.25, 0.3) is 0 Å². The zero-order valence-electron chi connectivity index (χ0n) is 10.3. The monoisotopic (exact) mass is 241 g/mol. The molecular weight excluding hydrogens is 226 g/mol. The number of nitrogens with one attached hydrogen (secondary N) is 1. The fourth-order valence-corrected chi connectivity index (χ4v) is 1.60. The molecule has 1 heterocycles. The Bertz CT molecular complexity index is 537. The topological polar surface area (TPSA) is 61.9 Å². The molecule has 1 N–H and O–H groups in total. The lowest BCUT2D eigenvalue weighted by molar-refractivity contribution is 0.439. The van der Waals surface area contributed by atoms with Gasteiger partial charge in [-0.05, 0) is 17.7 Å². The SMILES string of the molecule is CCc1cnc(CNCc2ccc(C#N)cc2)o1. The number of hydrogen-bond donors (Lipinski definition) is 1. The molecule has 0 radical (unpaired) electrons. The van der Waals surface area contributed by atoms with Gasteiger partial charge in [0, 0.05) is 13.0 Å². The van der Waals surface area contributed by atoms with Gasteiger partial charge in [0.15, 0.2) is 0 Å². The summed E-state index contributed by atoms with van der Waals surface area (Å²) in [5.41, 5.74) is 1.82. The molecule has 0 atom stereocenters. The minimum Gasteiger partial charge on any atom is -0.444 e. The summed E-state index contributed by atoms with van der Waals surface area (Å²) < 4.78 is 5.49. The van der Waals surface area contributed by atoms with Crippen LogP contribution in [0.4, 0.5) is 0 Å². The van der Waals surface area contributed by atoms with E-state index in [1.807, 2.05) is 31.2 Å². The van der Waals surface area contributed by atoms with Crippen LogP contribution in [0, 0.1) is 11.3 Å². The maximum absolute atomic E-state index is 8.69. The normalized spacial score (nSPS) is 10.2. The summed E-state index contributed by atoms with van der Waals surface area (Å²) >= 11 is 0. The molecule has 0 unspecified atom stereocenters. The maximum atomic E-state index is 8.69. The highest BCUT2D eigenvalue weighted by molar-refractivity contribution is 5.31. The minimum absolute atomic E-state index is 0.611. The van der Waals surface area contributed by atoms with Gasteiger partial charge in [0.1, 0.15) is 5.76 Å². The minimum atomic E-state index is 0.611. The third-order valence-corrected chi connectivity index (χ3v) is 2.64. The third-order valence-electron chi connectivity index (χ3n) is 2.64. The Morgan fingerprint density at radius 2 is 2.06 bits per heavy atom. The zero-order valence-corrected chi connectivity index (χ0v) is 10.3. The van der Waals surface area contributed by atoms with Gasteiger partial charge in [-0.2, -0.15) is 5.26 Å².